The molecule has 0 saturated carbocycles. The number of rotatable bonds is 12. The summed E-state index contributed by atoms with van der Waals surface area (Å²) in [7, 11) is 1.28. The zero-order chi connectivity index (χ0) is 21.6. The van der Waals surface area contributed by atoms with E-state index in [2.05, 4.69) is 60.7 Å². The standard InChI is InChI=1S/C24H36N4OS.HI/c1-4-25-24(27-17-18-30(29)20-23-13-9-6-10-14-23)26-16-15-21(2)28(3)19-22-11-7-5-8-12-22;/h5-14,21H,4,15-20H2,1-3H3,(H2,25,26,27);1H. The summed E-state index contributed by atoms with van der Waals surface area (Å²) in [5.74, 6) is 2.00. The Hall–Kier alpha value is -1.45. The van der Waals surface area contributed by atoms with Gasteiger partial charge in [-0.2, -0.15) is 0 Å². The van der Waals surface area contributed by atoms with Crippen molar-refractivity contribution in [3.05, 3.63) is 71.8 Å². The number of hydrogen-bond donors (Lipinski definition) is 2. The monoisotopic (exact) mass is 556 g/mol. The van der Waals surface area contributed by atoms with Crippen LogP contribution in [0.3, 0.4) is 0 Å². The minimum Gasteiger partial charge on any atom is -0.357 e. The van der Waals surface area contributed by atoms with Gasteiger partial charge < -0.3 is 10.6 Å². The fraction of sp³-hybridized carbons (Fsp3) is 0.458. The zero-order valence-electron chi connectivity index (χ0n) is 18.9. The highest BCUT2D eigenvalue weighted by Gasteiger charge is 2.09. The highest BCUT2D eigenvalue weighted by Crippen LogP contribution is 2.08. The molecular formula is C24H37IN4OS. The third kappa shape index (κ3) is 11.7. The normalized spacial score (nSPS) is 13.4. The Kier molecular flexibility index (Phi) is 14.4. The quantitative estimate of drug-likeness (QED) is 0.236. The van der Waals surface area contributed by atoms with Crippen LogP contribution in [0, 0.1) is 0 Å². The Labute approximate surface area is 207 Å². The first-order valence-electron chi connectivity index (χ1n) is 10.7. The number of benzene rings is 2. The zero-order valence-corrected chi connectivity index (χ0v) is 22.1. The molecule has 2 aromatic rings. The van der Waals surface area contributed by atoms with Crippen molar-refractivity contribution in [1.82, 2.24) is 15.5 Å². The topological polar surface area (TPSA) is 56.7 Å². The van der Waals surface area contributed by atoms with Crippen LogP contribution in [-0.4, -0.2) is 53.5 Å². The molecular weight excluding hydrogens is 519 g/mol. The van der Waals surface area contributed by atoms with E-state index in [0.717, 1.165) is 37.6 Å². The third-order valence-electron chi connectivity index (χ3n) is 4.98. The van der Waals surface area contributed by atoms with E-state index >= 15 is 0 Å². The smallest absolute Gasteiger partial charge is 0.191 e. The lowest BCUT2D eigenvalue weighted by Gasteiger charge is -2.24. The van der Waals surface area contributed by atoms with Gasteiger partial charge in [0.15, 0.2) is 5.96 Å². The van der Waals surface area contributed by atoms with E-state index in [1.165, 1.54) is 5.56 Å². The molecule has 31 heavy (non-hydrogen) atoms. The van der Waals surface area contributed by atoms with Gasteiger partial charge in [0.05, 0.1) is 0 Å². The summed E-state index contributed by atoms with van der Waals surface area (Å²) in [6.07, 6.45) is 0.986. The fourth-order valence-electron chi connectivity index (χ4n) is 3.07. The van der Waals surface area contributed by atoms with E-state index in [9.17, 15) is 4.21 Å². The van der Waals surface area contributed by atoms with E-state index in [4.69, 9.17) is 4.99 Å². The minimum absolute atomic E-state index is 0. The second-order valence-corrected chi connectivity index (χ2v) is 9.08. The Balaban J connectivity index is 0.00000480. The number of nitrogens with zero attached hydrogens (tertiary/aromatic N) is 2. The maximum absolute atomic E-state index is 12.3. The molecule has 0 fully saturated rings. The van der Waals surface area contributed by atoms with Crippen LogP contribution in [0.1, 0.15) is 31.4 Å². The van der Waals surface area contributed by atoms with Crippen molar-refractivity contribution in [3.63, 3.8) is 0 Å². The molecule has 0 amide bonds. The molecule has 0 aliphatic heterocycles. The van der Waals surface area contributed by atoms with E-state index in [-0.39, 0.29) is 24.0 Å². The average Bonchev–Trinajstić information content (AvgIpc) is 2.75. The molecule has 0 spiro atoms. The molecule has 172 valence electrons. The molecule has 0 heterocycles. The summed E-state index contributed by atoms with van der Waals surface area (Å²) in [4.78, 5) is 7.05. The molecule has 7 heteroatoms. The van der Waals surface area contributed by atoms with E-state index in [1.54, 1.807) is 0 Å². The first-order valence-corrected chi connectivity index (χ1v) is 12.2. The number of guanidine groups is 1. The average molecular weight is 557 g/mol. The Morgan fingerprint density at radius 2 is 1.65 bits per heavy atom. The minimum atomic E-state index is -0.882. The van der Waals surface area contributed by atoms with Crippen LogP contribution >= 0.6 is 24.0 Å². The second kappa shape index (κ2) is 16.2. The van der Waals surface area contributed by atoms with Gasteiger partial charge in [0.1, 0.15) is 0 Å². The molecule has 0 aromatic heterocycles. The second-order valence-electron chi connectivity index (χ2n) is 7.50. The van der Waals surface area contributed by atoms with Gasteiger partial charge in [-0.15, -0.1) is 24.0 Å². The molecule has 2 atom stereocenters. The summed E-state index contributed by atoms with van der Waals surface area (Å²) in [5, 5.41) is 6.59. The van der Waals surface area contributed by atoms with Gasteiger partial charge >= 0.3 is 0 Å². The SMILES string of the molecule is CCNC(=NCCC(C)N(C)Cc1ccccc1)NCCS(=O)Cc1ccccc1.I. The predicted octanol–water partition coefficient (Wildman–Crippen LogP) is 4.02. The molecule has 5 nitrogen and oxygen atoms in total. The van der Waals surface area contributed by atoms with Gasteiger partial charge in [-0.3, -0.25) is 14.1 Å². The molecule has 2 unspecified atom stereocenters. The van der Waals surface area contributed by atoms with E-state index in [1.807, 2.05) is 36.4 Å². The number of hydrogen-bond acceptors (Lipinski definition) is 3. The lowest BCUT2D eigenvalue weighted by molar-refractivity contribution is 0.240. The predicted molar refractivity (Wildman–Crippen MR) is 145 cm³/mol. The van der Waals surface area contributed by atoms with Gasteiger partial charge in [0.2, 0.25) is 0 Å². The van der Waals surface area contributed by atoms with Gasteiger partial charge in [0, 0.05) is 54.5 Å². The Bertz CT molecular complexity index is 774. The lowest BCUT2D eigenvalue weighted by atomic mass is 10.1. The summed E-state index contributed by atoms with van der Waals surface area (Å²) in [5.41, 5.74) is 2.44. The van der Waals surface area contributed by atoms with Crippen LogP contribution in [0.5, 0.6) is 0 Å². The van der Waals surface area contributed by atoms with Crippen molar-refractivity contribution in [1.29, 1.82) is 0 Å². The van der Waals surface area contributed by atoms with Crippen LogP contribution in [0.4, 0.5) is 0 Å². The van der Waals surface area contributed by atoms with Crippen molar-refractivity contribution in [2.75, 3.05) is 32.4 Å². The van der Waals surface area contributed by atoms with Crippen molar-refractivity contribution < 1.29 is 4.21 Å². The molecule has 2 rings (SSSR count). The van der Waals surface area contributed by atoms with Crippen molar-refractivity contribution >= 4 is 40.7 Å². The Morgan fingerprint density at radius 1 is 1.03 bits per heavy atom. The first-order chi connectivity index (χ1) is 14.6. The molecule has 0 saturated heterocycles. The van der Waals surface area contributed by atoms with Crippen molar-refractivity contribution in [2.45, 2.75) is 38.6 Å². The van der Waals surface area contributed by atoms with Gasteiger partial charge in [-0.05, 0) is 38.4 Å². The summed E-state index contributed by atoms with van der Waals surface area (Å²) < 4.78 is 12.3. The number of aliphatic imine (C=N–C) groups is 1. The van der Waals surface area contributed by atoms with Crippen LogP contribution in [0.25, 0.3) is 0 Å². The molecule has 0 radical (unpaired) electrons. The van der Waals surface area contributed by atoms with Crippen LogP contribution in [0.15, 0.2) is 65.7 Å². The van der Waals surface area contributed by atoms with Gasteiger partial charge in [0.25, 0.3) is 0 Å². The van der Waals surface area contributed by atoms with Crippen molar-refractivity contribution in [3.8, 4) is 0 Å². The van der Waals surface area contributed by atoms with Gasteiger partial charge in [-0.1, -0.05) is 60.7 Å². The summed E-state index contributed by atoms with van der Waals surface area (Å²) in [6, 6.07) is 21.0. The molecule has 2 aromatic carbocycles. The molecule has 2 N–H and O–H groups in total. The largest absolute Gasteiger partial charge is 0.357 e. The summed E-state index contributed by atoms with van der Waals surface area (Å²) >= 11 is 0. The van der Waals surface area contributed by atoms with Gasteiger partial charge in [-0.25, -0.2) is 0 Å². The lowest BCUT2D eigenvalue weighted by Crippen LogP contribution is -2.39. The maximum Gasteiger partial charge on any atom is 0.191 e. The number of nitrogens with one attached hydrogen (secondary N) is 2. The summed E-state index contributed by atoms with van der Waals surface area (Å²) in [6.45, 7) is 7.45. The highest BCUT2D eigenvalue weighted by atomic mass is 127. The molecule has 0 bridgehead atoms. The molecule has 0 aliphatic rings. The van der Waals surface area contributed by atoms with Crippen LogP contribution in [-0.2, 0) is 23.1 Å². The highest BCUT2D eigenvalue weighted by molar-refractivity contribution is 14.0. The first kappa shape index (κ1) is 27.6. The Morgan fingerprint density at radius 3 is 2.26 bits per heavy atom. The van der Waals surface area contributed by atoms with E-state index in [0.29, 0.717) is 24.1 Å². The fourth-order valence-corrected chi connectivity index (χ4v) is 4.11. The van der Waals surface area contributed by atoms with E-state index < -0.39 is 10.8 Å². The van der Waals surface area contributed by atoms with Crippen LogP contribution in [0.2, 0.25) is 0 Å². The third-order valence-corrected chi connectivity index (χ3v) is 6.30. The maximum atomic E-state index is 12.3. The van der Waals surface area contributed by atoms with Crippen molar-refractivity contribution in [2.24, 2.45) is 4.99 Å². The molecule has 0 aliphatic carbocycles. The number of halogens is 1. The van der Waals surface area contributed by atoms with Crippen LogP contribution < -0.4 is 10.6 Å².